The summed E-state index contributed by atoms with van der Waals surface area (Å²) < 4.78 is 14.3. The van der Waals surface area contributed by atoms with Gasteiger partial charge in [-0.25, -0.2) is 4.39 Å². The van der Waals surface area contributed by atoms with Crippen molar-refractivity contribution in [1.82, 2.24) is 0 Å². The number of hydrogen-bond donors (Lipinski definition) is 2. The second-order valence-corrected chi connectivity index (χ2v) is 6.75. The van der Waals surface area contributed by atoms with Crippen LogP contribution in [-0.4, -0.2) is 11.8 Å². The van der Waals surface area contributed by atoms with Crippen molar-refractivity contribution in [3.05, 3.63) is 58.9 Å². The largest absolute Gasteiger partial charge is 0.326 e. The molecule has 0 atom stereocenters. The average molecular weight is 340 g/mol. The number of benzene rings is 2. The van der Waals surface area contributed by atoms with Crippen molar-refractivity contribution >= 4 is 23.2 Å². The first-order valence-electron chi connectivity index (χ1n) is 8.45. The van der Waals surface area contributed by atoms with Crippen LogP contribution in [0.4, 0.5) is 15.8 Å². The molecule has 5 heteroatoms. The van der Waals surface area contributed by atoms with E-state index in [1.807, 2.05) is 12.1 Å². The van der Waals surface area contributed by atoms with Crippen molar-refractivity contribution in [1.29, 1.82) is 0 Å². The number of carbonyl (C=O) groups excluding carboxylic acids is 2. The fraction of sp³-hybridized carbons (Fsp3) is 0.300. The number of fused-ring (bicyclic) bond motifs is 1. The van der Waals surface area contributed by atoms with Gasteiger partial charge in [-0.05, 0) is 48.1 Å². The van der Waals surface area contributed by atoms with Gasteiger partial charge in [0.05, 0.1) is 5.69 Å². The highest BCUT2D eigenvalue weighted by molar-refractivity contribution is 6.05. The van der Waals surface area contributed by atoms with Crippen LogP contribution in [-0.2, 0) is 17.6 Å². The van der Waals surface area contributed by atoms with Gasteiger partial charge < -0.3 is 10.6 Å². The smallest absolute Gasteiger partial charge is 0.256 e. The SMILES string of the molecule is CC(C)Cc1ccccc1C(=O)Nc1cc2c(cc1F)NC(=O)CC2. The summed E-state index contributed by atoms with van der Waals surface area (Å²) in [6.45, 7) is 4.18. The van der Waals surface area contributed by atoms with Gasteiger partial charge in [-0.3, -0.25) is 9.59 Å². The van der Waals surface area contributed by atoms with E-state index in [2.05, 4.69) is 24.5 Å². The minimum absolute atomic E-state index is 0.119. The van der Waals surface area contributed by atoms with Gasteiger partial charge in [0.2, 0.25) is 5.91 Å². The third kappa shape index (κ3) is 3.87. The molecule has 130 valence electrons. The van der Waals surface area contributed by atoms with Gasteiger partial charge in [0, 0.05) is 17.7 Å². The molecule has 2 aromatic rings. The number of amides is 2. The number of hydrogen-bond acceptors (Lipinski definition) is 2. The van der Waals surface area contributed by atoms with E-state index >= 15 is 0 Å². The Hall–Kier alpha value is -2.69. The number of carbonyl (C=O) groups is 2. The summed E-state index contributed by atoms with van der Waals surface area (Å²) in [5.41, 5.74) is 2.94. The van der Waals surface area contributed by atoms with E-state index in [9.17, 15) is 14.0 Å². The molecule has 4 nitrogen and oxygen atoms in total. The van der Waals surface area contributed by atoms with Crippen molar-refractivity contribution < 1.29 is 14.0 Å². The predicted molar refractivity (Wildman–Crippen MR) is 96.3 cm³/mol. The van der Waals surface area contributed by atoms with Crippen LogP contribution >= 0.6 is 0 Å². The summed E-state index contributed by atoms with van der Waals surface area (Å²) in [7, 11) is 0. The lowest BCUT2D eigenvalue weighted by atomic mass is 9.97. The molecule has 2 N–H and O–H groups in total. The molecule has 0 saturated carbocycles. The molecule has 0 unspecified atom stereocenters. The van der Waals surface area contributed by atoms with Crippen molar-refractivity contribution in [2.75, 3.05) is 10.6 Å². The summed E-state index contributed by atoms with van der Waals surface area (Å²) in [5, 5.41) is 5.33. The van der Waals surface area contributed by atoms with Crippen LogP contribution in [0.25, 0.3) is 0 Å². The Labute approximate surface area is 146 Å². The quantitative estimate of drug-likeness (QED) is 0.878. The lowest BCUT2D eigenvalue weighted by Gasteiger charge is -2.19. The highest BCUT2D eigenvalue weighted by Gasteiger charge is 2.19. The fourth-order valence-electron chi connectivity index (χ4n) is 3.05. The van der Waals surface area contributed by atoms with Crippen molar-refractivity contribution in [3.8, 4) is 0 Å². The number of aryl methyl sites for hydroxylation is 1. The second kappa shape index (κ2) is 7.05. The molecule has 1 aliphatic rings. The Morgan fingerprint density at radius 3 is 2.76 bits per heavy atom. The molecule has 0 fully saturated rings. The first-order valence-corrected chi connectivity index (χ1v) is 8.45. The zero-order valence-electron chi connectivity index (χ0n) is 14.4. The molecule has 1 aliphatic heterocycles. The summed E-state index contributed by atoms with van der Waals surface area (Å²) in [5.74, 6) is -0.588. The van der Waals surface area contributed by atoms with Gasteiger partial charge in [0.25, 0.3) is 5.91 Å². The maximum atomic E-state index is 14.3. The maximum absolute atomic E-state index is 14.3. The van der Waals surface area contributed by atoms with Gasteiger partial charge in [-0.15, -0.1) is 0 Å². The highest BCUT2D eigenvalue weighted by atomic mass is 19.1. The minimum Gasteiger partial charge on any atom is -0.326 e. The summed E-state index contributed by atoms with van der Waals surface area (Å²) in [6, 6.07) is 10.3. The Morgan fingerprint density at radius 1 is 1.24 bits per heavy atom. The molecule has 25 heavy (non-hydrogen) atoms. The van der Waals surface area contributed by atoms with Crippen molar-refractivity contribution in [2.24, 2.45) is 5.92 Å². The van der Waals surface area contributed by atoms with Crippen LogP contribution in [0.15, 0.2) is 36.4 Å². The summed E-state index contributed by atoms with van der Waals surface area (Å²) in [4.78, 5) is 24.0. The molecule has 0 bridgehead atoms. The Balaban J connectivity index is 1.86. The van der Waals surface area contributed by atoms with Crippen LogP contribution in [0.3, 0.4) is 0 Å². The second-order valence-electron chi connectivity index (χ2n) is 6.75. The number of nitrogens with one attached hydrogen (secondary N) is 2. The van der Waals surface area contributed by atoms with Gasteiger partial charge in [-0.1, -0.05) is 32.0 Å². The normalized spacial score (nSPS) is 13.4. The molecular formula is C20H21FN2O2. The van der Waals surface area contributed by atoms with E-state index in [0.29, 0.717) is 30.0 Å². The monoisotopic (exact) mass is 340 g/mol. The van der Waals surface area contributed by atoms with Crippen LogP contribution in [0.2, 0.25) is 0 Å². The third-order valence-electron chi connectivity index (χ3n) is 4.23. The fourth-order valence-corrected chi connectivity index (χ4v) is 3.05. The average Bonchev–Trinajstić information content (AvgIpc) is 2.55. The molecule has 0 saturated heterocycles. The third-order valence-corrected chi connectivity index (χ3v) is 4.23. The molecule has 1 heterocycles. The molecule has 3 rings (SSSR count). The topological polar surface area (TPSA) is 58.2 Å². The summed E-state index contributed by atoms with van der Waals surface area (Å²) in [6.07, 6.45) is 1.68. The van der Waals surface area contributed by atoms with E-state index < -0.39 is 5.82 Å². The highest BCUT2D eigenvalue weighted by Crippen LogP contribution is 2.29. The number of rotatable bonds is 4. The zero-order chi connectivity index (χ0) is 18.0. The zero-order valence-corrected chi connectivity index (χ0v) is 14.4. The standard InChI is InChI=1S/C20H21FN2O2/c1-12(2)9-13-5-3-4-6-15(13)20(25)23-18-10-14-7-8-19(24)22-17(14)11-16(18)21/h3-6,10-12H,7-9H2,1-2H3,(H,22,24)(H,23,25). The van der Waals surface area contributed by atoms with Crippen LogP contribution in [0, 0.1) is 11.7 Å². The molecule has 0 aliphatic carbocycles. The van der Waals surface area contributed by atoms with Gasteiger partial charge in [-0.2, -0.15) is 0 Å². The van der Waals surface area contributed by atoms with E-state index in [1.54, 1.807) is 18.2 Å². The lowest BCUT2D eigenvalue weighted by Crippen LogP contribution is -2.20. The van der Waals surface area contributed by atoms with E-state index in [-0.39, 0.29) is 17.5 Å². The molecule has 0 spiro atoms. The molecule has 0 aromatic heterocycles. The van der Waals surface area contributed by atoms with Gasteiger partial charge in [0.15, 0.2) is 0 Å². The Morgan fingerprint density at radius 2 is 2.00 bits per heavy atom. The number of anilines is 2. The van der Waals surface area contributed by atoms with Crippen LogP contribution in [0.5, 0.6) is 0 Å². The maximum Gasteiger partial charge on any atom is 0.256 e. The molecular weight excluding hydrogens is 319 g/mol. The van der Waals surface area contributed by atoms with Crippen LogP contribution < -0.4 is 10.6 Å². The van der Waals surface area contributed by atoms with Crippen molar-refractivity contribution in [2.45, 2.75) is 33.1 Å². The predicted octanol–water partition coefficient (Wildman–Crippen LogP) is 4.16. The summed E-state index contributed by atoms with van der Waals surface area (Å²) >= 11 is 0. The minimum atomic E-state index is -0.560. The molecule has 2 amide bonds. The van der Waals surface area contributed by atoms with E-state index in [0.717, 1.165) is 17.5 Å². The lowest BCUT2D eigenvalue weighted by molar-refractivity contribution is -0.116. The number of halogens is 1. The Bertz CT molecular complexity index is 830. The van der Waals surface area contributed by atoms with Gasteiger partial charge >= 0.3 is 0 Å². The molecule has 0 radical (unpaired) electrons. The van der Waals surface area contributed by atoms with Crippen molar-refractivity contribution in [3.63, 3.8) is 0 Å². The molecule has 2 aromatic carbocycles. The first kappa shape index (κ1) is 17.1. The van der Waals surface area contributed by atoms with E-state index in [1.165, 1.54) is 6.07 Å². The van der Waals surface area contributed by atoms with E-state index in [4.69, 9.17) is 0 Å². The first-order chi connectivity index (χ1) is 11.9. The van der Waals surface area contributed by atoms with Crippen LogP contribution in [0.1, 0.15) is 41.8 Å². The Kier molecular flexibility index (Phi) is 4.83. The van der Waals surface area contributed by atoms with Gasteiger partial charge in [0.1, 0.15) is 5.82 Å².